The molecule has 0 radical (unpaired) electrons. The van der Waals surface area contributed by atoms with Gasteiger partial charge in [0.2, 0.25) is 0 Å². The average molecular weight is 234 g/mol. The van der Waals surface area contributed by atoms with Crippen LogP contribution in [0.3, 0.4) is 0 Å². The molecule has 0 fully saturated rings. The van der Waals surface area contributed by atoms with Gasteiger partial charge in [-0.3, -0.25) is 0 Å². The lowest BCUT2D eigenvalue weighted by molar-refractivity contribution is 1.46. The standard InChI is InChI=1S/C18H18/c1-15-7-11-17(12-8-15)5-3-4-6-18-13-9-16(2)10-14-18/h3-14H,1-2H3/b5-3-,6-4-. The Balaban J connectivity index is 1.98. The van der Waals surface area contributed by atoms with Gasteiger partial charge in [0.25, 0.3) is 0 Å². The van der Waals surface area contributed by atoms with Gasteiger partial charge >= 0.3 is 0 Å². The zero-order valence-electron chi connectivity index (χ0n) is 10.9. The zero-order chi connectivity index (χ0) is 12.8. The van der Waals surface area contributed by atoms with Crippen molar-refractivity contribution in [2.24, 2.45) is 0 Å². The van der Waals surface area contributed by atoms with Crippen LogP contribution in [0.5, 0.6) is 0 Å². The van der Waals surface area contributed by atoms with E-state index in [1.54, 1.807) is 0 Å². The van der Waals surface area contributed by atoms with Crippen LogP contribution in [-0.2, 0) is 0 Å². The first kappa shape index (κ1) is 12.4. The largest absolute Gasteiger partial charge is 0.0617 e. The molecule has 0 heterocycles. The molecule has 0 bridgehead atoms. The Labute approximate surface area is 109 Å². The van der Waals surface area contributed by atoms with Gasteiger partial charge in [-0.1, -0.05) is 84.0 Å². The number of hydrogen-bond acceptors (Lipinski definition) is 0. The van der Waals surface area contributed by atoms with Crippen molar-refractivity contribution in [3.63, 3.8) is 0 Å². The molecule has 0 aliphatic heterocycles. The molecule has 0 N–H and O–H groups in total. The van der Waals surface area contributed by atoms with E-state index in [0.29, 0.717) is 0 Å². The lowest BCUT2D eigenvalue weighted by atomic mass is 10.1. The lowest BCUT2D eigenvalue weighted by Gasteiger charge is -1.94. The van der Waals surface area contributed by atoms with E-state index in [1.807, 2.05) is 0 Å². The van der Waals surface area contributed by atoms with Crippen LogP contribution in [0.15, 0.2) is 60.7 Å². The van der Waals surface area contributed by atoms with Crippen LogP contribution in [0.25, 0.3) is 12.2 Å². The summed E-state index contributed by atoms with van der Waals surface area (Å²) in [5.41, 5.74) is 5.05. The second-order valence-electron chi connectivity index (χ2n) is 4.54. The van der Waals surface area contributed by atoms with Gasteiger partial charge in [0.1, 0.15) is 0 Å². The molecule has 90 valence electrons. The first-order chi connectivity index (χ1) is 8.74. The molecule has 0 heteroatoms. The minimum Gasteiger partial charge on any atom is -0.0617 e. The van der Waals surface area contributed by atoms with Crippen LogP contribution in [0.1, 0.15) is 22.3 Å². The van der Waals surface area contributed by atoms with Gasteiger partial charge in [-0.2, -0.15) is 0 Å². The topological polar surface area (TPSA) is 0 Å². The normalized spacial score (nSPS) is 11.4. The van der Waals surface area contributed by atoms with E-state index in [4.69, 9.17) is 0 Å². The summed E-state index contributed by atoms with van der Waals surface area (Å²) in [6, 6.07) is 17.0. The first-order valence-corrected chi connectivity index (χ1v) is 6.22. The maximum absolute atomic E-state index is 2.13. The molecule has 0 nitrogen and oxygen atoms in total. The summed E-state index contributed by atoms with van der Waals surface area (Å²) in [7, 11) is 0. The van der Waals surface area contributed by atoms with E-state index in [9.17, 15) is 0 Å². The van der Waals surface area contributed by atoms with E-state index in [2.05, 4.69) is 86.7 Å². The Morgan fingerprint density at radius 3 is 1.22 bits per heavy atom. The van der Waals surface area contributed by atoms with Crippen molar-refractivity contribution in [2.75, 3.05) is 0 Å². The van der Waals surface area contributed by atoms with Crippen molar-refractivity contribution < 1.29 is 0 Å². The van der Waals surface area contributed by atoms with Gasteiger partial charge in [-0.05, 0) is 25.0 Å². The number of benzene rings is 2. The molecule has 0 aliphatic carbocycles. The van der Waals surface area contributed by atoms with Crippen molar-refractivity contribution in [3.05, 3.63) is 82.9 Å². The average Bonchev–Trinajstić information content (AvgIpc) is 2.39. The van der Waals surface area contributed by atoms with Crippen LogP contribution < -0.4 is 0 Å². The molecule has 2 aromatic rings. The summed E-state index contributed by atoms with van der Waals surface area (Å²) in [6.45, 7) is 4.20. The fraction of sp³-hybridized carbons (Fsp3) is 0.111. The van der Waals surface area contributed by atoms with Crippen molar-refractivity contribution in [1.29, 1.82) is 0 Å². The van der Waals surface area contributed by atoms with E-state index in [-0.39, 0.29) is 0 Å². The molecule has 0 spiro atoms. The quantitative estimate of drug-likeness (QED) is 0.653. The van der Waals surface area contributed by atoms with Crippen molar-refractivity contribution in [2.45, 2.75) is 13.8 Å². The Hall–Kier alpha value is -2.08. The Kier molecular flexibility index (Phi) is 4.14. The Morgan fingerprint density at radius 1 is 0.556 bits per heavy atom. The molecule has 0 amide bonds. The van der Waals surface area contributed by atoms with Crippen molar-refractivity contribution >= 4 is 12.2 Å². The maximum Gasteiger partial charge on any atom is -0.0256 e. The number of rotatable bonds is 3. The van der Waals surface area contributed by atoms with Gasteiger partial charge in [-0.25, -0.2) is 0 Å². The van der Waals surface area contributed by atoms with Crippen molar-refractivity contribution in [3.8, 4) is 0 Å². The minimum atomic E-state index is 1.23. The number of hydrogen-bond donors (Lipinski definition) is 0. The third kappa shape index (κ3) is 3.74. The summed E-state index contributed by atoms with van der Waals surface area (Å²) < 4.78 is 0. The van der Waals surface area contributed by atoms with Crippen LogP contribution in [0.4, 0.5) is 0 Å². The summed E-state index contributed by atoms with van der Waals surface area (Å²) in [5, 5.41) is 0. The molecule has 18 heavy (non-hydrogen) atoms. The highest BCUT2D eigenvalue weighted by atomic mass is 13.9. The summed E-state index contributed by atoms with van der Waals surface area (Å²) in [6.07, 6.45) is 8.38. The second kappa shape index (κ2) is 6.02. The summed E-state index contributed by atoms with van der Waals surface area (Å²) in [4.78, 5) is 0. The fourth-order valence-corrected chi connectivity index (χ4v) is 1.69. The van der Waals surface area contributed by atoms with Gasteiger partial charge in [0, 0.05) is 0 Å². The summed E-state index contributed by atoms with van der Waals surface area (Å²) in [5.74, 6) is 0. The lowest BCUT2D eigenvalue weighted by Crippen LogP contribution is -1.73. The smallest absolute Gasteiger partial charge is 0.0256 e. The van der Waals surface area contributed by atoms with Gasteiger partial charge in [0.05, 0.1) is 0 Å². The molecular weight excluding hydrogens is 216 g/mol. The fourth-order valence-electron chi connectivity index (χ4n) is 1.69. The van der Waals surface area contributed by atoms with Gasteiger partial charge < -0.3 is 0 Å². The Morgan fingerprint density at radius 2 is 0.889 bits per heavy atom. The molecular formula is C18H18. The monoisotopic (exact) mass is 234 g/mol. The third-order valence-electron chi connectivity index (χ3n) is 2.84. The molecule has 0 aliphatic rings. The molecule has 0 unspecified atom stereocenters. The van der Waals surface area contributed by atoms with E-state index in [1.165, 1.54) is 22.3 Å². The molecule has 0 atom stereocenters. The van der Waals surface area contributed by atoms with E-state index in [0.717, 1.165) is 0 Å². The molecule has 2 rings (SSSR count). The minimum absolute atomic E-state index is 1.23. The third-order valence-corrected chi connectivity index (χ3v) is 2.84. The number of allylic oxidation sites excluding steroid dienone is 2. The predicted molar refractivity (Wildman–Crippen MR) is 80.4 cm³/mol. The number of aryl methyl sites for hydroxylation is 2. The van der Waals surface area contributed by atoms with Crippen LogP contribution in [0, 0.1) is 13.8 Å². The molecule has 2 aromatic carbocycles. The molecule has 0 saturated heterocycles. The van der Waals surface area contributed by atoms with E-state index < -0.39 is 0 Å². The predicted octanol–water partition coefficient (Wildman–Crippen LogP) is 5.03. The zero-order valence-corrected chi connectivity index (χ0v) is 10.9. The second-order valence-corrected chi connectivity index (χ2v) is 4.54. The highest BCUT2D eigenvalue weighted by molar-refractivity contribution is 5.57. The highest BCUT2D eigenvalue weighted by Crippen LogP contribution is 2.07. The SMILES string of the molecule is Cc1ccc(/C=C\C=C/c2ccc(C)cc2)cc1. The van der Waals surface area contributed by atoms with Crippen LogP contribution in [0.2, 0.25) is 0 Å². The van der Waals surface area contributed by atoms with Gasteiger partial charge in [-0.15, -0.1) is 0 Å². The molecule has 0 aromatic heterocycles. The van der Waals surface area contributed by atoms with Crippen molar-refractivity contribution in [1.82, 2.24) is 0 Å². The first-order valence-electron chi connectivity index (χ1n) is 6.22. The van der Waals surface area contributed by atoms with Crippen LogP contribution in [-0.4, -0.2) is 0 Å². The van der Waals surface area contributed by atoms with Crippen LogP contribution >= 0.6 is 0 Å². The maximum atomic E-state index is 2.13. The molecule has 0 saturated carbocycles. The van der Waals surface area contributed by atoms with E-state index >= 15 is 0 Å². The van der Waals surface area contributed by atoms with Gasteiger partial charge in [0.15, 0.2) is 0 Å². The highest BCUT2D eigenvalue weighted by Gasteiger charge is 1.86. The Bertz CT molecular complexity index is 486. The summed E-state index contributed by atoms with van der Waals surface area (Å²) >= 11 is 0.